The van der Waals surface area contributed by atoms with Crippen molar-refractivity contribution in [2.75, 3.05) is 5.73 Å². The van der Waals surface area contributed by atoms with Crippen molar-refractivity contribution in [1.82, 2.24) is 9.78 Å². The highest BCUT2D eigenvalue weighted by Gasteiger charge is 2.14. The predicted molar refractivity (Wildman–Crippen MR) is 65.7 cm³/mol. The number of aryl methyl sites for hydroxylation is 1. The van der Waals surface area contributed by atoms with Crippen LogP contribution in [-0.2, 0) is 7.05 Å². The van der Waals surface area contributed by atoms with Crippen molar-refractivity contribution >= 4 is 33.3 Å². The Balaban J connectivity index is 2.69. The van der Waals surface area contributed by atoms with Crippen LogP contribution in [0, 0.1) is 5.82 Å². The quantitative estimate of drug-likeness (QED) is 0.822. The average molecular weight is 305 g/mol. The molecule has 2 aromatic rings. The Bertz CT molecular complexity index is 553. The summed E-state index contributed by atoms with van der Waals surface area (Å²) in [6.45, 7) is 0. The third-order valence-corrected chi connectivity index (χ3v) is 3.11. The van der Waals surface area contributed by atoms with E-state index in [1.807, 2.05) is 0 Å². The summed E-state index contributed by atoms with van der Waals surface area (Å²) in [6.07, 6.45) is 1.56. The highest BCUT2D eigenvalue weighted by atomic mass is 79.9. The van der Waals surface area contributed by atoms with Crippen LogP contribution in [0.1, 0.15) is 0 Å². The predicted octanol–water partition coefficient (Wildman–Crippen LogP) is 3.22. The maximum atomic E-state index is 13.4. The van der Waals surface area contributed by atoms with Crippen molar-refractivity contribution in [3.05, 3.63) is 33.6 Å². The summed E-state index contributed by atoms with van der Waals surface area (Å²) in [5, 5.41) is 4.03. The Kier molecular flexibility index (Phi) is 2.90. The van der Waals surface area contributed by atoms with Gasteiger partial charge in [-0.15, -0.1) is 0 Å². The zero-order valence-electron chi connectivity index (χ0n) is 8.34. The summed E-state index contributed by atoms with van der Waals surface area (Å²) in [7, 11) is 1.71. The lowest BCUT2D eigenvalue weighted by atomic mass is 10.1. The number of anilines is 1. The second kappa shape index (κ2) is 4.07. The fraction of sp³-hybridized carbons (Fsp3) is 0.100. The van der Waals surface area contributed by atoms with Gasteiger partial charge in [0, 0.05) is 22.6 Å². The van der Waals surface area contributed by atoms with Gasteiger partial charge in [0.05, 0.1) is 11.2 Å². The van der Waals surface area contributed by atoms with Crippen LogP contribution >= 0.6 is 27.5 Å². The molecule has 0 unspecified atom stereocenters. The molecule has 0 amide bonds. The van der Waals surface area contributed by atoms with Crippen molar-refractivity contribution < 1.29 is 4.39 Å². The molecule has 0 saturated carbocycles. The highest BCUT2D eigenvalue weighted by Crippen LogP contribution is 2.35. The Morgan fingerprint density at radius 2 is 2.12 bits per heavy atom. The van der Waals surface area contributed by atoms with Gasteiger partial charge in [-0.05, 0) is 12.1 Å². The van der Waals surface area contributed by atoms with Crippen molar-refractivity contribution in [2.45, 2.75) is 0 Å². The molecule has 1 heterocycles. The molecule has 2 N–H and O–H groups in total. The maximum absolute atomic E-state index is 13.4. The minimum Gasteiger partial charge on any atom is -0.383 e. The molecule has 1 aromatic heterocycles. The van der Waals surface area contributed by atoms with Gasteiger partial charge in [-0.3, -0.25) is 4.68 Å². The SMILES string of the molecule is Cn1ncc(-c2cc(Br)cc(F)c2Cl)c1N. The molecule has 0 radical (unpaired) electrons. The number of nitrogens with two attached hydrogens (primary N) is 1. The zero-order chi connectivity index (χ0) is 11.9. The Morgan fingerprint density at radius 3 is 2.69 bits per heavy atom. The van der Waals surface area contributed by atoms with Crippen LogP contribution in [0.4, 0.5) is 10.2 Å². The molecule has 0 fully saturated rings. The first-order valence-corrected chi connectivity index (χ1v) is 5.60. The first-order chi connectivity index (χ1) is 7.50. The van der Waals surface area contributed by atoms with Crippen LogP contribution in [0.2, 0.25) is 5.02 Å². The van der Waals surface area contributed by atoms with Gasteiger partial charge in [0.2, 0.25) is 0 Å². The first-order valence-electron chi connectivity index (χ1n) is 4.43. The van der Waals surface area contributed by atoms with E-state index >= 15 is 0 Å². The Labute approximate surface area is 105 Å². The fourth-order valence-corrected chi connectivity index (χ4v) is 2.05. The van der Waals surface area contributed by atoms with Gasteiger partial charge < -0.3 is 5.73 Å². The fourth-order valence-electron chi connectivity index (χ4n) is 1.41. The minimum absolute atomic E-state index is 0.0444. The van der Waals surface area contributed by atoms with Crippen molar-refractivity contribution in [2.24, 2.45) is 7.05 Å². The summed E-state index contributed by atoms with van der Waals surface area (Å²) >= 11 is 9.10. The van der Waals surface area contributed by atoms with Crippen molar-refractivity contribution in [3.8, 4) is 11.1 Å². The van der Waals surface area contributed by atoms with Crippen molar-refractivity contribution in [3.63, 3.8) is 0 Å². The van der Waals surface area contributed by atoms with Crippen LogP contribution < -0.4 is 5.73 Å². The normalized spacial score (nSPS) is 10.8. The number of nitrogen functional groups attached to an aromatic ring is 1. The lowest BCUT2D eigenvalue weighted by Crippen LogP contribution is -1.98. The molecule has 3 nitrogen and oxygen atoms in total. The van der Waals surface area contributed by atoms with Gasteiger partial charge in [-0.25, -0.2) is 4.39 Å². The maximum Gasteiger partial charge on any atom is 0.143 e. The highest BCUT2D eigenvalue weighted by molar-refractivity contribution is 9.10. The molecule has 0 bridgehead atoms. The average Bonchev–Trinajstić information content (AvgIpc) is 2.54. The molecule has 6 heteroatoms. The van der Waals surface area contributed by atoms with Gasteiger partial charge in [-0.2, -0.15) is 5.10 Å². The summed E-state index contributed by atoms with van der Waals surface area (Å²) < 4.78 is 15.5. The molecule has 0 aliphatic rings. The summed E-state index contributed by atoms with van der Waals surface area (Å²) in [5.74, 6) is -0.0475. The standard InChI is InChI=1S/C10H8BrClFN3/c1-16-10(14)7(4-15-16)6-2-5(11)3-8(13)9(6)12/h2-4H,14H2,1H3. The van der Waals surface area contributed by atoms with E-state index in [-0.39, 0.29) is 5.02 Å². The summed E-state index contributed by atoms with van der Waals surface area (Å²) in [6, 6.07) is 3.01. The second-order valence-electron chi connectivity index (χ2n) is 3.32. The molecular formula is C10H8BrClFN3. The summed E-state index contributed by atoms with van der Waals surface area (Å²) in [4.78, 5) is 0. The number of hydrogen-bond acceptors (Lipinski definition) is 2. The number of nitrogens with zero attached hydrogens (tertiary/aromatic N) is 2. The number of aromatic nitrogens is 2. The van der Waals surface area contributed by atoms with Gasteiger partial charge in [0.25, 0.3) is 0 Å². The zero-order valence-corrected chi connectivity index (χ0v) is 10.7. The van der Waals surface area contributed by atoms with Crippen LogP contribution in [-0.4, -0.2) is 9.78 Å². The molecule has 0 aliphatic heterocycles. The second-order valence-corrected chi connectivity index (χ2v) is 4.61. The smallest absolute Gasteiger partial charge is 0.143 e. The Morgan fingerprint density at radius 1 is 1.44 bits per heavy atom. The minimum atomic E-state index is -0.491. The van der Waals surface area contributed by atoms with Crippen LogP contribution in [0.15, 0.2) is 22.8 Å². The van der Waals surface area contributed by atoms with Crippen molar-refractivity contribution in [1.29, 1.82) is 0 Å². The van der Waals surface area contributed by atoms with Crippen LogP contribution in [0.25, 0.3) is 11.1 Å². The topological polar surface area (TPSA) is 43.8 Å². The van der Waals surface area contributed by atoms with E-state index in [4.69, 9.17) is 17.3 Å². The molecule has 2 rings (SSSR count). The number of benzene rings is 1. The molecule has 0 aliphatic carbocycles. The molecule has 1 aromatic carbocycles. The first kappa shape index (κ1) is 11.4. The third kappa shape index (κ3) is 1.81. The molecule has 16 heavy (non-hydrogen) atoms. The van der Waals surface area contributed by atoms with Gasteiger partial charge >= 0.3 is 0 Å². The van der Waals surface area contributed by atoms with E-state index in [1.54, 1.807) is 19.3 Å². The van der Waals surface area contributed by atoms with Crippen LogP contribution in [0.5, 0.6) is 0 Å². The van der Waals surface area contributed by atoms with E-state index in [1.165, 1.54) is 10.7 Å². The largest absolute Gasteiger partial charge is 0.383 e. The van der Waals surface area contributed by atoms with E-state index in [2.05, 4.69) is 21.0 Å². The van der Waals surface area contributed by atoms with E-state index in [0.717, 1.165) is 0 Å². The number of rotatable bonds is 1. The lowest BCUT2D eigenvalue weighted by molar-refractivity contribution is 0.628. The number of hydrogen-bond donors (Lipinski definition) is 1. The third-order valence-electron chi connectivity index (χ3n) is 2.27. The molecular weight excluding hydrogens is 296 g/mol. The molecule has 84 valence electrons. The molecule has 0 saturated heterocycles. The lowest BCUT2D eigenvalue weighted by Gasteiger charge is -2.05. The van der Waals surface area contributed by atoms with E-state index in [0.29, 0.717) is 21.4 Å². The van der Waals surface area contributed by atoms with Crippen LogP contribution in [0.3, 0.4) is 0 Å². The summed E-state index contributed by atoms with van der Waals surface area (Å²) in [5.41, 5.74) is 6.95. The van der Waals surface area contributed by atoms with E-state index in [9.17, 15) is 4.39 Å². The van der Waals surface area contributed by atoms with E-state index < -0.39 is 5.82 Å². The monoisotopic (exact) mass is 303 g/mol. The molecule has 0 atom stereocenters. The Hall–Kier alpha value is -1.07. The van der Waals surface area contributed by atoms with Gasteiger partial charge in [0.1, 0.15) is 11.6 Å². The van der Waals surface area contributed by atoms with Gasteiger partial charge in [-0.1, -0.05) is 27.5 Å². The van der Waals surface area contributed by atoms with Gasteiger partial charge in [0.15, 0.2) is 0 Å². The number of halogens is 3. The molecule has 0 spiro atoms.